The molecular weight excluding hydrogens is 291 g/mol. The second-order valence-electron chi connectivity index (χ2n) is 5.76. The van der Waals surface area contributed by atoms with Crippen LogP contribution in [-0.2, 0) is 6.42 Å². The van der Waals surface area contributed by atoms with E-state index in [0.717, 1.165) is 27.6 Å². The topological polar surface area (TPSA) is 58.9 Å². The minimum atomic E-state index is -0.726. The van der Waals surface area contributed by atoms with Gasteiger partial charge in [0.15, 0.2) is 0 Å². The van der Waals surface area contributed by atoms with Crippen LogP contribution in [0.2, 0.25) is 0 Å². The minimum absolute atomic E-state index is 0.00673. The lowest BCUT2D eigenvalue weighted by Gasteiger charge is -2.18. The van der Waals surface area contributed by atoms with E-state index in [9.17, 15) is 4.79 Å². The van der Waals surface area contributed by atoms with Crippen molar-refractivity contribution in [2.45, 2.75) is 27.2 Å². The molecular formula is C19H19FN2O. The Morgan fingerprint density at radius 1 is 1.22 bits per heavy atom. The molecule has 0 radical (unpaired) electrons. The molecule has 0 atom stereocenters. The number of hydrogen-bond donors (Lipinski definition) is 2. The van der Waals surface area contributed by atoms with Crippen LogP contribution in [0.5, 0.6) is 0 Å². The summed E-state index contributed by atoms with van der Waals surface area (Å²) in [5.74, 6) is -1.26. The number of halogens is 1. The first-order chi connectivity index (χ1) is 11.0. The Morgan fingerprint density at radius 3 is 2.57 bits per heavy atom. The van der Waals surface area contributed by atoms with Crippen molar-refractivity contribution in [1.29, 1.82) is 0 Å². The van der Waals surface area contributed by atoms with E-state index in [1.807, 2.05) is 38.1 Å². The van der Waals surface area contributed by atoms with Crippen LogP contribution in [0.4, 0.5) is 4.39 Å². The van der Waals surface area contributed by atoms with Gasteiger partial charge in [0.1, 0.15) is 5.82 Å². The summed E-state index contributed by atoms with van der Waals surface area (Å²) < 4.78 is 15.1. The van der Waals surface area contributed by atoms with Crippen LogP contribution in [-0.4, -0.2) is 10.9 Å². The lowest BCUT2D eigenvalue weighted by Crippen LogP contribution is -2.18. The number of hydrogen-bond acceptors (Lipinski definition) is 1. The molecule has 0 aliphatic rings. The molecule has 3 rings (SSSR count). The number of fused-ring (bicyclic) bond motifs is 1. The van der Waals surface area contributed by atoms with E-state index in [1.165, 1.54) is 0 Å². The molecule has 0 fully saturated rings. The number of benzene rings is 2. The Balaban J connectivity index is 2.44. The molecule has 0 spiro atoms. The lowest BCUT2D eigenvalue weighted by molar-refractivity contribution is 0.0996. The first-order valence-electron chi connectivity index (χ1n) is 7.65. The summed E-state index contributed by atoms with van der Waals surface area (Å²) in [5.41, 5.74) is 10.0. The number of amides is 1. The summed E-state index contributed by atoms with van der Waals surface area (Å²) in [5, 5.41) is 0.927. The number of carbonyl (C=O) groups excluding carboxylic acids is 1. The molecule has 1 amide bonds. The molecule has 23 heavy (non-hydrogen) atoms. The van der Waals surface area contributed by atoms with Crippen molar-refractivity contribution in [2.75, 3.05) is 0 Å². The highest BCUT2D eigenvalue weighted by Gasteiger charge is 2.24. The number of aromatic nitrogens is 1. The fourth-order valence-corrected chi connectivity index (χ4v) is 3.46. The number of rotatable bonds is 3. The van der Waals surface area contributed by atoms with Crippen molar-refractivity contribution >= 4 is 16.8 Å². The highest BCUT2D eigenvalue weighted by atomic mass is 19.1. The van der Waals surface area contributed by atoms with Gasteiger partial charge in [-0.3, -0.25) is 4.79 Å². The molecule has 0 saturated carbocycles. The number of nitrogens with two attached hydrogens (primary N) is 1. The molecule has 3 nitrogen and oxygen atoms in total. The Hall–Kier alpha value is -2.62. The highest BCUT2D eigenvalue weighted by molar-refractivity contribution is 6.01. The molecule has 118 valence electrons. The Kier molecular flexibility index (Phi) is 3.68. The summed E-state index contributed by atoms with van der Waals surface area (Å²) in [6, 6.07) is 7.72. The predicted octanol–water partition coefficient (Wildman–Crippen LogP) is 4.25. The number of carbonyl (C=O) groups is 1. The molecule has 3 aromatic rings. The van der Waals surface area contributed by atoms with Gasteiger partial charge < -0.3 is 10.7 Å². The Labute approximate surface area is 134 Å². The van der Waals surface area contributed by atoms with Gasteiger partial charge in [-0.05, 0) is 43.0 Å². The minimum Gasteiger partial charge on any atom is -0.365 e. The zero-order chi connectivity index (χ0) is 16.7. The van der Waals surface area contributed by atoms with Gasteiger partial charge in [0.05, 0.1) is 5.56 Å². The molecule has 1 aromatic heterocycles. The van der Waals surface area contributed by atoms with Crippen LogP contribution in [0.25, 0.3) is 22.0 Å². The fourth-order valence-electron chi connectivity index (χ4n) is 3.46. The molecule has 4 heteroatoms. The second-order valence-corrected chi connectivity index (χ2v) is 5.76. The first kappa shape index (κ1) is 15.3. The van der Waals surface area contributed by atoms with Gasteiger partial charge in [-0.1, -0.05) is 25.1 Å². The molecule has 3 N–H and O–H groups in total. The van der Waals surface area contributed by atoms with Crippen molar-refractivity contribution in [3.63, 3.8) is 0 Å². The highest BCUT2D eigenvalue weighted by Crippen LogP contribution is 2.37. The van der Waals surface area contributed by atoms with E-state index in [4.69, 9.17) is 5.73 Å². The molecule has 1 heterocycles. The maximum absolute atomic E-state index is 15.1. The van der Waals surface area contributed by atoms with Gasteiger partial charge in [0, 0.05) is 28.2 Å². The monoisotopic (exact) mass is 310 g/mol. The Bertz CT molecular complexity index is 925. The average Bonchev–Trinajstić information content (AvgIpc) is 2.91. The van der Waals surface area contributed by atoms with Crippen LogP contribution < -0.4 is 5.73 Å². The third-order valence-electron chi connectivity index (χ3n) is 4.55. The Morgan fingerprint density at radius 2 is 1.91 bits per heavy atom. The number of primary amides is 1. The van der Waals surface area contributed by atoms with Crippen molar-refractivity contribution in [2.24, 2.45) is 5.73 Å². The number of para-hydroxylation sites is 1. The van der Waals surface area contributed by atoms with Crippen molar-refractivity contribution in [1.82, 2.24) is 4.98 Å². The standard InChI is InChI=1S/C19H19FN2O/c1-4-12-10(2)16(18(20)17(11(12)3)19(21)23)14-9-22-15-8-6-5-7-13(14)15/h5-9,22H,4H2,1-3H3,(H2,21,23). The smallest absolute Gasteiger partial charge is 0.251 e. The van der Waals surface area contributed by atoms with Crippen LogP contribution >= 0.6 is 0 Å². The SMILES string of the molecule is CCc1c(C)c(C(N)=O)c(F)c(-c2c[nH]c3ccccc23)c1C. The molecule has 0 aliphatic heterocycles. The quantitative estimate of drug-likeness (QED) is 0.746. The summed E-state index contributed by atoms with van der Waals surface area (Å²) in [6.45, 7) is 5.65. The van der Waals surface area contributed by atoms with Crippen molar-refractivity contribution in [3.05, 3.63) is 58.5 Å². The second kappa shape index (κ2) is 5.54. The van der Waals surface area contributed by atoms with Gasteiger partial charge in [0.25, 0.3) is 5.91 Å². The zero-order valence-corrected chi connectivity index (χ0v) is 13.5. The van der Waals surface area contributed by atoms with Gasteiger partial charge in [0.2, 0.25) is 0 Å². The maximum atomic E-state index is 15.1. The van der Waals surface area contributed by atoms with Crippen LogP contribution in [0.15, 0.2) is 30.5 Å². The normalized spacial score (nSPS) is 11.1. The van der Waals surface area contributed by atoms with Crippen molar-refractivity contribution in [3.8, 4) is 11.1 Å². The fraction of sp³-hybridized carbons (Fsp3) is 0.211. The molecule has 0 unspecified atom stereocenters. The zero-order valence-electron chi connectivity index (χ0n) is 13.5. The largest absolute Gasteiger partial charge is 0.365 e. The van der Waals surface area contributed by atoms with Gasteiger partial charge in [-0.2, -0.15) is 0 Å². The third kappa shape index (κ3) is 2.22. The van der Waals surface area contributed by atoms with E-state index in [1.54, 1.807) is 13.1 Å². The third-order valence-corrected chi connectivity index (χ3v) is 4.55. The van der Waals surface area contributed by atoms with E-state index >= 15 is 4.39 Å². The van der Waals surface area contributed by atoms with E-state index < -0.39 is 11.7 Å². The van der Waals surface area contributed by atoms with E-state index in [0.29, 0.717) is 17.5 Å². The van der Waals surface area contributed by atoms with Crippen LogP contribution in [0.3, 0.4) is 0 Å². The summed E-state index contributed by atoms with van der Waals surface area (Å²) in [4.78, 5) is 14.9. The molecule has 0 saturated heterocycles. The molecule has 2 aromatic carbocycles. The first-order valence-corrected chi connectivity index (χ1v) is 7.65. The predicted molar refractivity (Wildman–Crippen MR) is 91.1 cm³/mol. The van der Waals surface area contributed by atoms with E-state index in [2.05, 4.69) is 4.98 Å². The number of H-pyrrole nitrogens is 1. The van der Waals surface area contributed by atoms with Gasteiger partial charge >= 0.3 is 0 Å². The van der Waals surface area contributed by atoms with Gasteiger partial charge in [-0.25, -0.2) is 4.39 Å². The summed E-state index contributed by atoms with van der Waals surface area (Å²) >= 11 is 0. The van der Waals surface area contributed by atoms with Crippen molar-refractivity contribution < 1.29 is 9.18 Å². The summed E-state index contributed by atoms with van der Waals surface area (Å²) in [6.07, 6.45) is 2.50. The lowest BCUT2D eigenvalue weighted by atomic mass is 9.87. The summed E-state index contributed by atoms with van der Waals surface area (Å²) in [7, 11) is 0. The van der Waals surface area contributed by atoms with Gasteiger partial charge in [-0.15, -0.1) is 0 Å². The van der Waals surface area contributed by atoms with Crippen LogP contribution in [0, 0.1) is 19.7 Å². The number of nitrogens with one attached hydrogen (secondary N) is 1. The maximum Gasteiger partial charge on any atom is 0.251 e. The number of aromatic amines is 1. The molecule has 0 aliphatic carbocycles. The molecule has 0 bridgehead atoms. The average molecular weight is 310 g/mol. The van der Waals surface area contributed by atoms with E-state index in [-0.39, 0.29) is 5.56 Å². The van der Waals surface area contributed by atoms with Crippen LogP contribution in [0.1, 0.15) is 34.0 Å².